The lowest BCUT2D eigenvalue weighted by molar-refractivity contribution is -0.135. The molecule has 2 amide bonds. The number of nitrogens with zero attached hydrogens (tertiary/aromatic N) is 2. The topological polar surface area (TPSA) is 61.9 Å². The van der Waals surface area contributed by atoms with Gasteiger partial charge in [-0.25, -0.2) is 4.39 Å². The summed E-state index contributed by atoms with van der Waals surface area (Å²) in [6, 6.07) is 4.44. The summed E-state index contributed by atoms with van der Waals surface area (Å²) in [5.74, 6) is -0.624. The van der Waals surface area contributed by atoms with Crippen LogP contribution in [0.5, 0.6) is 5.75 Å². The second kappa shape index (κ2) is 9.72. The Bertz CT molecular complexity index is 607. The van der Waals surface area contributed by atoms with E-state index in [-0.39, 0.29) is 24.2 Å². The number of ether oxygens (including phenoxy) is 1. The Morgan fingerprint density at radius 2 is 2.00 bits per heavy atom. The molecule has 0 bridgehead atoms. The molecule has 6 nitrogen and oxygen atoms in total. The second-order valence-corrected chi connectivity index (χ2v) is 6.79. The van der Waals surface area contributed by atoms with Crippen LogP contribution in [0, 0.1) is 5.82 Å². The Morgan fingerprint density at radius 3 is 2.64 bits per heavy atom. The van der Waals surface area contributed by atoms with Gasteiger partial charge in [-0.3, -0.25) is 14.5 Å². The third-order valence-corrected chi connectivity index (χ3v) is 4.40. The van der Waals surface area contributed by atoms with E-state index >= 15 is 0 Å². The lowest BCUT2D eigenvalue weighted by Gasteiger charge is -2.34. The Hall–Kier alpha value is -1.67. The van der Waals surface area contributed by atoms with Crippen LogP contribution in [-0.2, 0) is 9.59 Å². The van der Waals surface area contributed by atoms with Crippen molar-refractivity contribution in [1.29, 1.82) is 0 Å². The van der Waals surface area contributed by atoms with Gasteiger partial charge in [-0.2, -0.15) is 0 Å². The van der Waals surface area contributed by atoms with E-state index in [1.165, 1.54) is 12.1 Å². The normalized spacial score (nSPS) is 15.1. The van der Waals surface area contributed by atoms with E-state index in [1.54, 1.807) is 11.0 Å². The lowest BCUT2D eigenvalue weighted by atomic mass is 10.3. The van der Waals surface area contributed by atoms with Crippen molar-refractivity contribution in [2.24, 2.45) is 0 Å². The molecule has 1 aromatic carbocycles. The van der Waals surface area contributed by atoms with E-state index in [0.717, 1.165) is 6.42 Å². The van der Waals surface area contributed by atoms with Crippen LogP contribution in [0.2, 0.25) is 0 Å². The van der Waals surface area contributed by atoms with Gasteiger partial charge < -0.3 is 15.0 Å². The van der Waals surface area contributed by atoms with Crippen molar-refractivity contribution in [3.63, 3.8) is 0 Å². The Balaban J connectivity index is 1.73. The molecule has 1 heterocycles. The van der Waals surface area contributed by atoms with Crippen molar-refractivity contribution < 1.29 is 18.7 Å². The summed E-state index contributed by atoms with van der Waals surface area (Å²) in [6.07, 6.45) is 0.910. The van der Waals surface area contributed by atoms with Gasteiger partial charge in [-0.05, 0) is 24.6 Å². The quantitative estimate of drug-likeness (QED) is 0.735. The van der Waals surface area contributed by atoms with Crippen LogP contribution in [-0.4, -0.2) is 67.5 Å². The zero-order chi connectivity index (χ0) is 18.2. The first-order valence-corrected chi connectivity index (χ1v) is 9.13. The van der Waals surface area contributed by atoms with E-state index in [2.05, 4.69) is 21.2 Å². The van der Waals surface area contributed by atoms with E-state index < -0.39 is 5.82 Å². The summed E-state index contributed by atoms with van der Waals surface area (Å²) < 4.78 is 19.6. The van der Waals surface area contributed by atoms with Crippen molar-refractivity contribution >= 4 is 27.7 Å². The van der Waals surface area contributed by atoms with Crippen LogP contribution in [0.1, 0.15) is 13.3 Å². The standard InChI is InChI=1S/C17H23BrFN3O3/c1-2-5-20-16(23)11-21-6-8-22(9-7-21)17(24)12-25-15-4-3-13(18)10-14(15)19/h3-4,10H,2,5-9,11-12H2,1H3,(H,20,23). The van der Waals surface area contributed by atoms with E-state index in [9.17, 15) is 14.0 Å². The first kappa shape index (κ1) is 19.7. The molecule has 1 aromatic rings. The van der Waals surface area contributed by atoms with E-state index in [1.807, 2.05) is 11.8 Å². The summed E-state index contributed by atoms with van der Waals surface area (Å²) in [5, 5.41) is 2.84. The predicted molar refractivity (Wildman–Crippen MR) is 95.9 cm³/mol. The highest BCUT2D eigenvalue weighted by molar-refractivity contribution is 9.10. The fourth-order valence-electron chi connectivity index (χ4n) is 2.50. The Labute approximate surface area is 155 Å². The Morgan fingerprint density at radius 1 is 1.28 bits per heavy atom. The van der Waals surface area contributed by atoms with Crippen molar-refractivity contribution in [2.75, 3.05) is 45.9 Å². The molecule has 0 aliphatic carbocycles. The molecular weight excluding hydrogens is 393 g/mol. The van der Waals surface area contributed by atoms with Crippen molar-refractivity contribution in [3.8, 4) is 5.75 Å². The van der Waals surface area contributed by atoms with E-state index in [4.69, 9.17) is 4.74 Å². The van der Waals surface area contributed by atoms with Crippen LogP contribution in [0.3, 0.4) is 0 Å². The fourth-order valence-corrected chi connectivity index (χ4v) is 2.83. The minimum absolute atomic E-state index is 0.00988. The monoisotopic (exact) mass is 415 g/mol. The molecule has 138 valence electrons. The van der Waals surface area contributed by atoms with E-state index in [0.29, 0.717) is 43.7 Å². The first-order chi connectivity index (χ1) is 12.0. The molecule has 1 N–H and O–H groups in total. The third kappa shape index (κ3) is 6.28. The average Bonchev–Trinajstić information content (AvgIpc) is 2.59. The molecule has 2 rings (SSSR count). The van der Waals surface area contributed by atoms with Crippen LogP contribution < -0.4 is 10.1 Å². The second-order valence-electron chi connectivity index (χ2n) is 5.87. The van der Waals surface area contributed by atoms with Gasteiger partial charge in [0, 0.05) is 37.2 Å². The lowest BCUT2D eigenvalue weighted by Crippen LogP contribution is -2.52. The summed E-state index contributed by atoms with van der Waals surface area (Å²) in [7, 11) is 0. The number of carbonyl (C=O) groups excluding carboxylic acids is 2. The summed E-state index contributed by atoms with van der Waals surface area (Å²) in [5.41, 5.74) is 0. The molecule has 0 aromatic heterocycles. The first-order valence-electron chi connectivity index (χ1n) is 8.34. The highest BCUT2D eigenvalue weighted by Gasteiger charge is 2.22. The maximum atomic E-state index is 13.7. The van der Waals surface area contributed by atoms with Crippen molar-refractivity contribution in [2.45, 2.75) is 13.3 Å². The number of amides is 2. The average molecular weight is 416 g/mol. The number of benzene rings is 1. The van der Waals surface area contributed by atoms with Gasteiger partial charge in [0.25, 0.3) is 5.91 Å². The van der Waals surface area contributed by atoms with Crippen LogP contribution in [0.4, 0.5) is 4.39 Å². The number of piperazine rings is 1. The fraction of sp³-hybridized carbons (Fsp3) is 0.529. The molecule has 1 aliphatic heterocycles. The maximum Gasteiger partial charge on any atom is 0.260 e. The van der Waals surface area contributed by atoms with Crippen molar-refractivity contribution in [1.82, 2.24) is 15.1 Å². The minimum atomic E-state index is -0.509. The maximum absolute atomic E-state index is 13.7. The SMILES string of the molecule is CCCNC(=O)CN1CCN(C(=O)COc2ccc(Br)cc2F)CC1. The number of hydrogen-bond donors (Lipinski definition) is 1. The number of hydrogen-bond acceptors (Lipinski definition) is 4. The summed E-state index contributed by atoms with van der Waals surface area (Å²) in [6.45, 7) is 5.18. The molecule has 0 atom stereocenters. The van der Waals surface area contributed by atoms with Gasteiger partial charge in [0.2, 0.25) is 5.91 Å². The van der Waals surface area contributed by atoms with Gasteiger partial charge in [0.1, 0.15) is 0 Å². The van der Waals surface area contributed by atoms with Gasteiger partial charge in [-0.1, -0.05) is 22.9 Å². The van der Waals surface area contributed by atoms with Crippen LogP contribution >= 0.6 is 15.9 Å². The number of halogens is 2. The summed E-state index contributed by atoms with van der Waals surface area (Å²) in [4.78, 5) is 27.6. The molecular formula is C17H23BrFN3O3. The number of nitrogens with one attached hydrogen (secondary N) is 1. The minimum Gasteiger partial charge on any atom is -0.481 e. The molecule has 0 spiro atoms. The van der Waals surface area contributed by atoms with Gasteiger partial charge in [0.15, 0.2) is 18.2 Å². The summed E-state index contributed by atoms with van der Waals surface area (Å²) >= 11 is 3.17. The molecule has 1 fully saturated rings. The highest BCUT2D eigenvalue weighted by atomic mass is 79.9. The number of rotatable bonds is 7. The molecule has 1 saturated heterocycles. The highest BCUT2D eigenvalue weighted by Crippen LogP contribution is 2.21. The van der Waals surface area contributed by atoms with Gasteiger partial charge >= 0.3 is 0 Å². The molecule has 1 aliphatic rings. The Kier molecular flexibility index (Phi) is 7.64. The van der Waals surface area contributed by atoms with Gasteiger partial charge in [0.05, 0.1) is 6.54 Å². The van der Waals surface area contributed by atoms with Crippen LogP contribution in [0.25, 0.3) is 0 Å². The number of carbonyl (C=O) groups is 2. The third-order valence-electron chi connectivity index (χ3n) is 3.91. The largest absolute Gasteiger partial charge is 0.481 e. The molecule has 0 radical (unpaired) electrons. The van der Waals surface area contributed by atoms with Crippen molar-refractivity contribution in [3.05, 3.63) is 28.5 Å². The predicted octanol–water partition coefficient (Wildman–Crippen LogP) is 1.64. The smallest absolute Gasteiger partial charge is 0.260 e. The zero-order valence-electron chi connectivity index (χ0n) is 14.3. The molecule has 8 heteroatoms. The molecule has 0 saturated carbocycles. The van der Waals surface area contributed by atoms with Gasteiger partial charge in [-0.15, -0.1) is 0 Å². The molecule has 0 unspecified atom stereocenters. The van der Waals surface area contributed by atoms with Crippen LogP contribution in [0.15, 0.2) is 22.7 Å². The zero-order valence-corrected chi connectivity index (χ0v) is 15.9. The molecule has 25 heavy (non-hydrogen) atoms.